The number of nitrogens with zero attached hydrogens (tertiary/aromatic N) is 1. The van der Waals surface area contributed by atoms with E-state index in [2.05, 4.69) is 0 Å². The summed E-state index contributed by atoms with van der Waals surface area (Å²) in [6.45, 7) is 5.34. The quantitative estimate of drug-likeness (QED) is 0.927. The van der Waals surface area contributed by atoms with Gasteiger partial charge in [-0.05, 0) is 49.8 Å². The lowest BCUT2D eigenvalue weighted by Gasteiger charge is -2.34. The standard InChI is InChI=1S/C17H25FN2O/c1-12(13(2)19)17(21)20-8-6-14(7-9-20)10-15-4-3-5-16(18)11-15/h3-5,11-14H,6-10,19H2,1-2H3. The van der Waals surface area contributed by atoms with E-state index in [9.17, 15) is 9.18 Å². The van der Waals surface area contributed by atoms with Crippen LogP contribution in [0.5, 0.6) is 0 Å². The highest BCUT2D eigenvalue weighted by Crippen LogP contribution is 2.23. The lowest BCUT2D eigenvalue weighted by Crippen LogP contribution is -2.45. The molecule has 0 bridgehead atoms. The summed E-state index contributed by atoms with van der Waals surface area (Å²) in [7, 11) is 0. The molecule has 1 saturated heterocycles. The first-order valence-corrected chi connectivity index (χ1v) is 7.76. The van der Waals surface area contributed by atoms with Crippen molar-refractivity contribution in [2.24, 2.45) is 17.6 Å². The minimum Gasteiger partial charge on any atom is -0.342 e. The molecule has 2 N–H and O–H groups in total. The number of halogens is 1. The van der Waals surface area contributed by atoms with E-state index in [0.717, 1.165) is 37.9 Å². The molecule has 0 radical (unpaired) electrons. The zero-order valence-corrected chi connectivity index (χ0v) is 12.9. The average Bonchev–Trinajstić information content (AvgIpc) is 2.46. The molecule has 1 heterocycles. The second-order valence-corrected chi connectivity index (χ2v) is 6.25. The zero-order chi connectivity index (χ0) is 15.4. The number of nitrogens with two attached hydrogens (primary N) is 1. The third kappa shape index (κ3) is 4.27. The number of hydrogen-bond acceptors (Lipinski definition) is 2. The fourth-order valence-electron chi connectivity index (χ4n) is 2.87. The maximum absolute atomic E-state index is 13.2. The van der Waals surface area contributed by atoms with Crippen LogP contribution in [-0.2, 0) is 11.2 Å². The fraction of sp³-hybridized carbons (Fsp3) is 0.588. The monoisotopic (exact) mass is 292 g/mol. The van der Waals surface area contributed by atoms with Crippen LogP contribution in [0.4, 0.5) is 4.39 Å². The van der Waals surface area contributed by atoms with Gasteiger partial charge in [0.05, 0.1) is 5.92 Å². The molecule has 1 fully saturated rings. The molecule has 0 aliphatic carbocycles. The normalized spacial score (nSPS) is 19.3. The number of benzene rings is 1. The average molecular weight is 292 g/mol. The molecule has 1 aliphatic heterocycles. The SMILES string of the molecule is CC(N)C(C)C(=O)N1CCC(Cc2cccc(F)c2)CC1. The Morgan fingerprint density at radius 2 is 2.05 bits per heavy atom. The Hall–Kier alpha value is -1.42. The van der Waals surface area contributed by atoms with E-state index in [1.165, 1.54) is 6.07 Å². The molecule has 0 saturated carbocycles. The lowest BCUT2D eigenvalue weighted by atomic mass is 9.89. The van der Waals surface area contributed by atoms with Gasteiger partial charge in [0.15, 0.2) is 0 Å². The van der Waals surface area contributed by atoms with Crippen LogP contribution in [0.2, 0.25) is 0 Å². The zero-order valence-electron chi connectivity index (χ0n) is 12.9. The van der Waals surface area contributed by atoms with Gasteiger partial charge in [-0.3, -0.25) is 4.79 Å². The Morgan fingerprint density at radius 1 is 1.38 bits per heavy atom. The summed E-state index contributed by atoms with van der Waals surface area (Å²) in [6, 6.07) is 6.70. The van der Waals surface area contributed by atoms with Gasteiger partial charge in [-0.1, -0.05) is 19.1 Å². The third-order valence-corrected chi connectivity index (χ3v) is 4.52. The van der Waals surface area contributed by atoms with Crippen LogP contribution < -0.4 is 5.73 Å². The van der Waals surface area contributed by atoms with E-state index in [1.54, 1.807) is 12.1 Å². The van der Waals surface area contributed by atoms with E-state index in [4.69, 9.17) is 5.73 Å². The summed E-state index contributed by atoms with van der Waals surface area (Å²) in [6.07, 6.45) is 2.85. The van der Waals surface area contributed by atoms with Crippen LogP contribution in [0.3, 0.4) is 0 Å². The van der Waals surface area contributed by atoms with E-state index in [0.29, 0.717) is 5.92 Å². The van der Waals surface area contributed by atoms with Crippen molar-refractivity contribution < 1.29 is 9.18 Å². The first-order chi connectivity index (χ1) is 9.97. The summed E-state index contributed by atoms with van der Waals surface area (Å²) >= 11 is 0. The third-order valence-electron chi connectivity index (χ3n) is 4.52. The molecule has 2 atom stereocenters. The molecule has 3 nitrogen and oxygen atoms in total. The van der Waals surface area contributed by atoms with E-state index >= 15 is 0 Å². The van der Waals surface area contributed by atoms with Crippen LogP contribution in [0.25, 0.3) is 0 Å². The maximum atomic E-state index is 13.2. The number of carbonyl (C=O) groups excluding carboxylic acids is 1. The number of rotatable bonds is 4. The summed E-state index contributed by atoms with van der Waals surface area (Å²) in [5, 5.41) is 0. The van der Waals surface area contributed by atoms with Crippen molar-refractivity contribution in [3.05, 3.63) is 35.6 Å². The minimum atomic E-state index is -0.175. The van der Waals surface area contributed by atoms with Gasteiger partial charge >= 0.3 is 0 Å². The van der Waals surface area contributed by atoms with Gasteiger partial charge < -0.3 is 10.6 Å². The molecule has 21 heavy (non-hydrogen) atoms. The number of likely N-dealkylation sites (tertiary alicyclic amines) is 1. The summed E-state index contributed by atoms with van der Waals surface area (Å²) < 4.78 is 13.2. The van der Waals surface area contributed by atoms with Gasteiger partial charge in [0.25, 0.3) is 0 Å². The van der Waals surface area contributed by atoms with Crippen molar-refractivity contribution in [1.82, 2.24) is 4.90 Å². The highest BCUT2D eigenvalue weighted by atomic mass is 19.1. The van der Waals surface area contributed by atoms with Gasteiger partial charge in [-0.15, -0.1) is 0 Å². The molecule has 2 unspecified atom stereocenters. The number of hydrogen-bond donors (Lipinski definition) is 1. The molecule has 1 aliphatic rings. The first-order valence-electron chi connectivity index (χ1n) is 7.76. The van der Waals surface area contributed by atoms with Gasteiger partial charge in [0, 0.05) is 19.1 Å². The van der Waals surface area contributed by atoms with E-state index in [-0.39, 0.29) is 23.7 Å². The number of carbonyl (C=O) groups is 1. The predicted molar refractivity (Wildman–Crippen MR) is 82.2 cm³/mol. The van der Waals surface area contributed by atoms with Crippen molar-refractivity contribution in [2.45, 2.75) is 39.2 Å². The maximum Gasteiger partial charge on any atom is 0.226 e. The topological polar surface area (TPSA) is 46.3 Å². The highest BCUT2D eigenvalue weighted by Gasteiger charge is 2.27. The molecule has 0 spiro atoms. The van der Waals surface area contributed by atoms with Crippen molar-refractivity contribution in [3.8, 4) is 0 Å². The smallest absolute Gasteiger partial charge is 0.226 e. The molecule has 1 aromatic carbocycles. The second kappa shape index (κ2) is 7.03. The van der Waals surface area contributed by atoms with Crippen molar-refractivity contribution in [2.75, 3.05) is 13.1 Å². The number of piperidine rings is 1. The first kappa shape index (κ1) is 16.0. The van der Waals surface area contributed by atoms with Crippen molar-refractivity contribution >= 4 is 5.91 Å². The summed E-state index contributed by atoms with van der Waals surface area (Å²) in [5.41, 5.74) is 6.85. The van der Waals surface area contributed by atoms with Crippen LogP contribution in [-0.4, -0.2) is 29.9 Å². The Kier molecular flexibility index (Phi) is 5.34. The van der Waals surface area contributed by atoms with Crippen molar-refractivity contribution in [1.29, 1.82) is 0 Å². The van der Waals surface area contributed by atoms with E-state index < -0.39 is 0 Å². The Morgan fingerprint density at radius 3 is 2.62 bits per heavy atom. The van der Waals surface area contributed by atoms with Crippen LogP contribution in [0.1, 0.15) is 32.3 Å². The van der Waals surface area contributed by atoms with E-state index in [1.807, 2.05) is 24.8 Å². The summed E-state index contributed by atoms with van der Waals surface area (Å²) in [4.78, 5) is 14.2. The van der Waals surface area contributed by atoms with Crippen LogP contribution in [0, 0.1) is 17.7 Å². The molecule has 0 aromatic heterocycles. The van der Waals surface area contributed by atoms with Crippen LogP contribution in [0.15, 0.2) is 24.3 Å². The fourth-order valence-corrected chi connectivity index (χ4v) is 2.87. The molecule has 4 heteroatoms. The molecule has 116 valence electrons. The van der Waals surface area contributed by atoms with Gasteiger partial charge in [-0.2, -0.15) is 0 Å². The minimum absolute atomic E-state index is 0.109. The predicted octanol–water partition coefficient (Wildman–Crippen LogP) is 2.59. The van der Waals surface area contributed by atoms with Gasteiger partial charge in [0.2, 0.25) is 5.91 Å². The Labute approximate surface area is 126 Å². The van der Waals surface area contributed by atoms with Gasteiger partial charge in [0.1, 0.15) is 5.82 Å². The highest BCUT2D eigenvalue weighted by molar-refractivity contribution is 5.79. The Balaban J connectivity index is 1.84. The Bertz CT molecular complexity index is 481. The lowest BCUT2D eigenvalue weighted by molar-refractivity contribution is -0.136. The molecular formula is C17H25FN2O. The molecule has 1 aromatic rings. The molecule has 1 amide bonds. The summed E-state index contributed by atoms with van der Waals surface area (Å²) in [5.74, 6) is 0.395. The molecular weight excluding hydrogens is 267 g/mol. The van der Waals surface area contributed by atoms with Crippen LogP contribution >= 0.6 is 0 Å². The second-order valence-electron chi connectivity index (χ2n) is 6.25. The largest absolute Gasteiger partial charge is 0.342 e. The number of amides is 1. The van der Waals surface area contributed by atoms with Gasteiger partial charge in [-0.25, -0.2) is 4.39 Å². The molecule has 2 rings (SSSR count). The van der Waals surface area contributed by atoms with Crippen molar-refractivity contribution in [3.63, 3.8) is 0 Å².